The molecule has 1 aliphatic rings. The fourth-order valence-corrected chi connectivity index (χ4v) is 2.69. The summed E-state index contributed by atoms with van der Waals surface area (Å²) in [6.07, 6.45) is 2.55. The molecular formula is C16H25N5O2. The van der Waals surface area contributed by atoms with Crippen molar-refractivity contribution >= 4 is 17.8 Å². The zero-order valence-electron chi connectivity index (χ0n) is 14.1. The number of hydrogen-bond acceptors (Lipinski definition) is 4. The van der Waals surface area contributed by atoms with Gasteiger partial charge in [0.15, 0.2) is 0 Å². The van der Waals surface area contributed by atoms with Gasteiger partial charge < -0.3 is 20.0 Å². The van der Waals surface area contributed by atoms with Crippen molar-refractivity contribution in [1.82, 2.24) is 20.1 Å². The van der Waals surface area contributed by atoms with Gasteiger partial charge in [0.2, 0.25) is 5.91 Å². The van der Waals surface area contributed by atoms with Gasteiger partial charge in [-0.15, -0.1) is 0 Å². The van der Waals surface area contributed by atoms with Gasteiger partial charge in [0, 0.05) is 65.5 Å². The molecule has 7 nitrogen and oxygen atoms in total. The number of nitrogens with zero attached hydrogens (tertiary/aromatic N) is 4. The first-order valence-electron chi connectivity index (χ1n) is 7.88. The first kappa shape index (κ1) is 17.1. The number of pyridine rings is 1. The van der Waals surface area contributed by atoms with E-state index >= 15 is 0 Å². The number of anilines is 1. The number of aromatic nitrogens is 1. The van der Waals surface area contributed by atoms with Crippen molar-refractivity contribution in [2.24, 2.45) is 0 Å². The molecule has 23 heavy (non-hydrogen) atoms. The zero-order valence-corrected chi connectivity index (χ0v) is 14.1. The topological polar surface area (TPSA) is 68.8 Å². The third kappa shape index (κ3) is 4.58. The highest BCUT2D eigenvalue weighted by molar-refractivity contribution is 5.75. The number of rotatable bonds is 3. The average molecular weight is 319 g/mol. The highest BCUT2D eigenvalue weighted by atomic mass is 16.2. The smallest absolute Gasteiger partial charge is 0.317 e. The van der Waals surface area contributed by atoms with Crippen LogP contribution in [0.25, 0.3) is 0 Å². The zero-order chi connectivity index (χ0) is 16.8. The second-order valence-electron chi connectivity index (χ2n) is 5.89. The first-order valence-corrected chi connectivity index (χ1v) is 7.88. The van der Waals surface area contributed by atoms with Crippen LogP contribution in [0.3, 0.4) is 0 Å². The molecule has 0 aromatic carbocycles. The molecule has 0 saturated carbocycles. The summed E-state index contributed by atoms with van der Waals surface area (Å²) in [5.74, 6) is 0.921. The van der Waals surface area contributed by atoms with Crippen LogP contribution < -0.4 is 10.2 Å². The molecule has 1 aromatic rings. The van der Waals surface area contributed by atoms with Crippen molar-refractivity contribution in [1.29, 1.82) is 0 Å². The van der Waals surface area contributed by atoms with E-state index in [1.54, 1.807) is 22.9 Å². The Morgan fingerprint density at radius 2 is 1.91 bits per heavy atom. The number of amides is 3. The Labute approximate surface area is 137 Å². The minimum atomic E-state index is -0.0936. The van der Waals surface area contributed by atoms with Crippen LogP contribution in [0.5, 0.6) is 0 Å². The summed E-state index contributed by atoms with van der Waals surface area (Å²) in [6.45, 7) is 4.56. The normalized spacial score (nSPS) is 15.1. The SMILES string of the molecule is CC(=O)N1CCCN(C(=O)NCc2cccnc2N(C)C)CC1. The van der Waals surface area contributed by atoms with Gasteiger partial charge in [-0.2, -0.15) is 0 Å². The van der Waals surface area contributed by atoms with Crippen molar-refractivity contribution in [3.05, 3.63) is 23.9 Å². The molecule has 1 aliphatic heterocycles. The maximum absolute atomic E-state index is 12.4. The Kier molecular flexibility index (Phi) is 5.78. The predicted octanol–water partition coefficient (Wildman–Crippen LogP) is 0.911. The first-order chi connectivity index (χ1) is 11.0. The summed E-state index contributed by atoms with van der Waals surface area (Å²) < 4.78 is 0. The van der Waals surface area contributed by atoms with Crippen LogP contribution in [0.1, 0.15) is 18.9 Å². The maximum Gasteiger partial charge on any atom is 0.317 e. The minimum absolute atomic E-state index is 0.0678. The Balaban J connectivity index is 1.91. The monoisotopic (exact) mass is 319 g/mol. The van der Waals surface area contributed by atoms with E-state index in [1.807, 2.05) is 31.1 Å². The van der Waals surface area contributed by atoms with E-state index in [0.29, 0.717) is 32.7 Å². The molecule has 7 heteroatoms. The van der Waals surface area contributed by atoms with Crippen LogP contribution in [0.4, 0.5) is 10.6 Å². The fourth-order valence-electron chi connectivity index (χ4n) is 2.69. The Hall–Kier alpha value is -2.31. The molecule has 0 aliphatic carbocycles. The van der Waals surface area contributed by atoms with Crippen molar-refractivity contribution < 1.29 is 9.59 Å². The van der Waals surface area contributed by atoms with Gasteiger partial charge in [0.1, 0.15) is 5.82 Å². The van der Waals surface area contributed by atoms with E-state index in [4.69, 9.17) is 0 Å². The van der Waals surface area contributed by atoms with Crippen molar-refractivity contribution in [3.8, 4) is 0 Å². The van der Waals surface area contributed by atoms with Crippen molar-refractivity contribution in [2.75, 3.05) is 45.2 Å². The van der Waals surface area contributed by atoms with Crippen LogP contribution in [-0.4, -0.2) is 67.0 Å². The van der Waals surface area contributed by atoms with Crippen LogP contribution in [0.2, 0.25) is 0 Å². The number of hydrogen-bond donors (Lipinski definition) is 1. The van der Waals surface area contributed by atoms with E-state index in [9.17, 15) is 9.59 Å². The van der Waals surface area contributed by atoms with Gasteiger partial charge >= 0.3 is 6.03 Å². The summed E-state index contributed by atoms with van der Waals surface area (Å²) >= 11 is 0. The largest absolute Gasteiger partial charge is 0.362 e. The highest BCUT2D eigenvalue weighted by Gasteiger charge is 2.20. The molecule has 2 rings (SSSR count). The summed E-state index contributed by atoms with van der Waals surface area (Å²) in [6, 6.07) is 3.73. The lowest BCUT2D eigenvalue weighted by molar-refractivity contribution is -0.128. The summed E-state index contributed by atoms with van der Waals surface area (Å²) in [5, 5.41) is 2.95. The third-order valence-corrected chi connectivity index (χ3v) is 3.95. The molecule has 1 aromatic heterocycles. The Bertz CT molecular complexity index is 561. The number of carbonyl (C=O) groups is 2. The van der Waals surface area contributed by atoms with Gasteiger partial charge in [-0.05, 0) is 12.5 Å². The lowest BCUT2D eigenvalue weighted by Gasteiger charge is -2.22. The molecule has 126 valence electrons. The van der Waals surface area contributed by atoms with Crippen molar-refractivity contribution in [2.45, 2.75) is 19.9 Å². The summed E-state index contributed by atoms with van der Waals surface area (Å²) in [4.78, 5) is 33.6. The van der Waals surface area contributed by atoms with Crippen LogP contribution in [-0.2, 0) is 11.3 Å². The van der Waals surface area contributed by atoms with E-state index in [1.165, 1.54) is 0 Å². The lowest BCUT2D eigenvalue weighted by atomic mass is 10.2. The second kappa shape index (κ2) is 7.80. The van der Waals surface area contributed by atoms with Gasteiger partial charge in [-0.3, -0.25) is 4.79 Å². The maximum atomic E-state index is 12.4. The Morgan fingerprint density at radius 1 is 1.22 bits per heavy atom. The third-order valence-electron chi connectivity index (χ3n) is 3.95. The molecule has 0 atom stereocenters. The molecule has 1 N–H and O–H groups in total. The van der Waals surface area contributed by atoms with E-state index < -0.39 is 0 Å². The van der Waals surface area contributed by atoms with Crippen LogP contribution >= 0.6 is 0 Å². The number of urea groups is 1. The molecule has 0 unspecified atom stereocenters. The molecule has 0 spiro atoms. The molecule has 0 bridgehead atoms. The molecule has 1 saturated heterocycles. The van der Waals surface area contributed by atoms with Crippen LogP contribution in [0.15, 0.2) is 18.3 Å². The van der Waals surface area contributed by atoms with E-state index in [2.05, 4.69) is 10.3 Å². The summed E-state index contributed by atoms with van der Waals surface area (Å²) in [5.41, 5.74) is 0.978. The summed E-state index contributed by atoms with van der Waals surface area (Å²) in [7, 11) is 3.86. The van der Waals surface area contributed by atoms with Gasteiger partial charge in [-0.25, -0.2) is 9.78 Å². The number of carbonyl (C=O) groups excluding carboxylic acids is 2. The van der Waals surface area contributed by atoms with Crippen molar-refractivity contribution in [3.63, 3.8) is 0 Å². The molecule has 2 heterocycles. The quantitative estimate of drug-likeness (QED) is 0.899. The number of nitrogens with one attached hydrogen (secondary N) is 1. The van der Waals surface area contributed by atoms with Gasteiger partial charge in [-0.1, -0.05) is 6.07 Å². The minimum Gasteiger partial charge on any atom is -0.362 e. The standard InChI is InChI=1S/C16H25N5O2/c1-13(22)20-8-5-9-21(11-10-20)16(23)18-12-14-6-4-7-17-15(14)19(2)3/h4,6-7H,5,8-12H2,1-3H3,(H,18,23). The lowest BCUT2D eigenvalue weighted by Crippen LogP contribution is -2.42. The predicted molar refractivity (Wildman–Crippen MR) is 89.2 cm³/mol. The van der Waals surface area contributed by atoms with E-state index in [-0.39, 0.29) is 11.9 Å². The van der Waals surface area contributed by atoms with Gasteiger partial charge in [0.25, 0.3) is 0 Å². The van der Waals surface area contributed by atoms with Gasteiger partial charge in [0.05, 0.1) is 0 Å². The molecule has 1 fully saturated rings. The Morgan fingerprint density at radius 3 is 2.61 bits per heavy atom. The highest BCUT2D eigenvalue weighted by Crippen LogP contribution is 2.14. The second-order valence-corrected chi connectivity index (χ2v) is 5.89. The molecule has 3 amide bonds. The fraction of sp³-hybridized carbons (Fsp3) is 0.562. The average Bonchev–Trinajstić information content (AvgIpc) is 2.79. The van der Waals surface area contributed by atoms with E-state index in [0.717, 1.165) is 17.8 Å². The molecule has 0 radical (unpaired) electrons. The molecular weight excluding hydrogens is 294 g/mol. The van der Waals surface area contributed by atoms with Crippen LogP contribution in [0, 0.1) is 0 Å².